The number of hydrogen-bond donors (Lipinski definition) is 3. The Morgan fingerprint density at radius 2 is 1.92 bits per heavy atom. The average Bonchev–Trinajstić information content (AvgIpc) is 2.88. The molecular formula is C28H33N5O3S. The van der Waals surface area contributed by atoms with Crippen molar-refractivity contribution in [2.45, 2.75) is 43.7 Å². The Labute approximate surface area is 222 Å². The van der Waals surface area contributed by atoms with Crippen LogP contribution in [0.25, 0.3) is 11.3 Å². The molecule has 194 valence electrons. The minimum absolute atomic E-state index is 0.0231. The summed E-state index contributed by atoms with van der Waals surface area (Å²) in [6, 6.07) is 15.4. The molecule has 3 atom stereocenters. The zero-order valence-electron chi connectivity index (χ0n) is 21.4. The molecule has 0 bridgehead atoms. The van der Waals surface area contributed by atoms with Gasteiger partial charge in [-0.2, -0.15) is 4.98 Å². The molecule has 3 heterocycles. The third-order valence-corrected chi connectivity index (χ3v) is 8.11. The molecule has 2 aliphatic heterocycles. The number of carbonyl (C=O) groups is 1. The highest BCUT2D eigenvalue weighted by Gasteiger charge is 2.39. The van der Waals surface area contributed by atoms with Gasteiger partial charge in [0.1, 0.15) is 6.10 Å². The number of carboxylic acids is 1. The highest BCUT2D eigenvalue weighted by Crippen LogP contribution is 2.33. The van der Waals surface area contributed by atoms with Crippen LogP contribution in [0.4, 0.5) is 5.95 Å². The average molecular weight is 520 g/mol. The summed E-state index contributed by atoms with van der Waals surface area (Å²) in [4.78, 5) is 24.1. The van der Waals surface area contributed by atoms with Crippen molar-refractivity contribution in [3.8, 4) is 17.1 Å². The van der Waals surface area contributed by atoms with Crippen LogP contribution in [0.2, 0.25) is 0 Å². The second-order valence-electron chi connectivity index (χ2n) is 9.89. The number of anilines is 1. The van der Waals surface area contributed by atoms with E-state index in [0.717, 1.165) is 53.3 Å². The Kier molecular flexibility index (Phi) is 7.64. The van der Waals surface area contributed by atoms with E-state index >= 15 is 0 Å². The van der Waals surface area contributed by atoms with Crippen molar-refractivity contribution >= 4 is 23.9 Å². The first-order valence-electron chi connectivity index (χ1n) is 12.7. The topological polar surface area (TPSA) is 99.6 Å². The maximum atomic E-state index is 11.4. The number of piperidine rings is 2. The predicted octanol–water partition coefficient (Wildman–Crippen LogP) is 4.64. The normalized spacial score (nSPS) is 21.8. The number of fused-ring (bicyclic) bond motifs is 1. The van der Waals surface area contributed by atoms with Gasteiger partial charge in [0.15, 0.2) is 0 Å². The lowest BCUT2D eigenvalue weighted by Crippen LogP contribution is -2.60. The number of benzene rings is 2. The fourth-order valence-electron chi connectivity index (χ4n) is 5.49. The van der Waals surface area contributed by atoms with Gasteiger partial charge in [0, 0.05) is 41.6 Å². The maximum absolute atomic E-state index is 11.4. The molecule has 2 fully saturated rings. The molecule has 0 aliphatic carbocycles. The largest absolute Gasteiger partial charge is 0.478 e. The molecule has 9 heteroatoms. The summed E-state index contributed by atoms with van der Waals surface area (Å²) in [6.07, 6.45) is 2.35. The smallest absolute Gasteiger partial charge is 0.335 e. The second kappa shape index (κ2) is 11.1. The molecule has 0 saturated carbocycles. The van der Waals surface area contributed by atoms with Crippen molar-refractivity contribution in [2.24, 2.45) is 5.92 Å². The summed E-state index contributed by atoms with van der Waals surface area (Å²) in [5.41, 5.74) is 4.35. The lowest BCUT2D eigenvalue weighted by molar-refractivity contribution is 0.00518. The summed E-state index contributed by atoms with van der Waals surface area (Å²) in [7, 11) is 2.20. The zero-order chi connectivity index (χ0) is 25.9. The van der Waals surface area contributed by atoms with E-state index in [4.69, 9.17) is 14.7 Å². The van der Waals surface area contributed by atoms with Crippen LogP contribution in [0.5, 0.6) is 5.88 Å². The molecule has 5 rings (SSSR count). The number of likely N-dealkylation sites (tertiary alicyclic amines) is 1. The fraction of sp³-hybridized carbons (Fsp3) is 0.393. The Morgan fingerprint density at radius 1 is 1.14 bits per heavy atom. The monoisotopic (exact) mass is 519 g/mol. The number of aryl methyl sites for hydroxylation is 2. The summed E-state index contributed by atoms with van der Waals surface area (Å²) in [6.45, 7) is 7.05. The number of aromatic carboxylic acids is 1. The quantitative estimate of drug-likeness (QED) is 0.386. The van der Waals surface area contributed by atoms with Gasteiger partial charge in [-0.3, -0.25) is 4.72 Å². The number of nitrogens with one attached hydrogen (secondary N) is 2. The van der Waals surface area contributed by atoms with Crippen LogP contribution in [0.15, 0.2) is 53.4 Å². The van der Waals surface area contributed by atoms with Gasteiger partial charge in [0.05, 0.1) is 11.3 Å². The molecule has 2 aromatic carbocycles. The standard InChI is InChI=1S/C28H33N5O3S/c1-17-7-4-8-18(2)26(17)22-14-25(36-24-16-29-15-23-21(24)11-6-12-33(23)3)31-28(30-22)32-37-20-10-5-9-19(13-20)27(34)35/h4-5,7-10,13-14,21,23-24,29H,6,11-12,15-16H2,1-3H3,(H,34,35)(H,30,31,32). The van der Waals surface area contributed by atoms with Crippen LogP contribution in [-0.2, 0) is 0 Å². The number of nitrogens with zero attached hydrogens (tertiary/aromatic N) is 3. The van der Waals surface area contributed by atoms with Crippen molar-refractivity contribution in [3.05, 3.63) is 65.2 Å². The highest BCUT2D eigenvalue weighted by atomic mass is 32.2. The summed E-state index contributed by atoms with van der Waals surface area (Å²) in [5.74, 6) is 0.444. The van der Waals surface area contributed by atoms with Crippen molar-refractivity contribution < 1.29 is 14.6 Å². The molecule has 0 spiro atoms. The number of likely N-dealkylation sites (N-methyl/N-ethyl adjacent to an activating group) is 1. The van der Waals surface area contributed by atoms with E-state index in [-0.39, 0.29) is 11.7 Å². The van der Waals surface area contributed by atoms with Crippen LogP contribution in [0.3, 0.4) is 0 Å². The lowest BCUT2D eigenvalue weighted by Gasteiger charge is -2.46. The van der Waals surface area contributed by atoms with Gasteiger partial charge in [-0.25, -0.2) is 9.78 Å². The Bertz CT molecular complexity index is 1270. The molecule has 0 radical (unpaired) electrons. The number of rotatable bonds is 7. The van der Waals surface area contributed by atoms with E-state index in [1.807, 2.05) is 18.2 Å². The zero-order valence-corrected chi connectivity index (χ0v) is 22.2. The van der Waals surface area contributed by atoms with E-state index in [1.54, 1.807) is 18.2 Å². The van der Waals surface area contributed by atoms with Gasteiger partial charge < -0.3 is 20.1 Å². The second-order valence-corrected chi connectivity index (χ2v) is 10.8. The molecule has 3 N–H and O–H groups in total. The minimum Gasteiger partial charge on any atom is -0.478 e. The predicted molar refractivity (Wildman–Crippen MR) is 146 cm³/mol. The van der Waals surface area contributed by atoms with Crippen molar-refractivity contribution in [1.82, 2.24) is 20.2 Å². The first-order valence-corrected chi connectivity index (χ1v) is 13.5. The van der Waals surface area contributed by atoms with Crippen LogP contribution in [0.1, 0.15) is 34.3 Å². The molecule has 2 aliphatic rings. The molecule has 37 heavy (non-hydrogen) atoms. The van der Waals surface area contributed by atoms with E-state index in [9.17, 15) is 9.90 Å². The summed E-state index contributed by atoms with van der Waals surface area (Å²) >= 11 is 1.28. The summed E-state index contributed by atoms with van der Waals surface area (Å²) in [5, 5.41) is 12.9. The SMILES string of the molecule is Cc1cccc(C)c1-c1cc(OC2CNCC3C2CCCN3C)nc(NSc2cccc(C(=O)O)c2)n1. The Morgan fingerprint density at radius 3 is 2.70 bits per heavy atom. The van der Waals surface area contributed by atoms with Gasteiger partial charge in [0.25, 0.3) is 0 Å². The lowest BCUT2D eigenvalue weighted by atomic mass is 9.82. The van der Waals surface area contributed by atoms with E-state index < -0.39 is 5.97 Å². The van der Waals surface area contributed by atoms with E-state index in [2.05, 4.69) is 48.0 Å². The van der Waals surface area contributed by atoms with Gasteiger partial charge in [-0.15, -0.1) is 0 Å². The van der Waals surface area contributed by atoms with Gasteiger partial charge >= 0.3 is 5.97 Å². The van der Waals surface area contributed by atoms with Crippen LogP contribution in [-0.4, -0.2) is 64.8 Å². The fourth-order valence-corrected chi connectivity index (χ4v) is 6.12. The first kappa shape index (κ1) is 25.5. The molecule has 8 nitrogen and oxygen atoms in total. The number of ether oxygens (including phenoxy) is 1. The van der Waals surface area contributed by atoms with Crippen molar-refractivity contribution in [2.75, 3.05) is 31.4 Å². The molecule has 1 aromatic heterocycles. The molecule has 3 aromatic rings. The maximum Gasteiger partial charge on any atom is 0.335 e. The molecular weight excluding hydrogens is 486 g/mol. The molecule has 0 amide bonds. The van der Waals surface area contributed by atoms with Crippen LogP contribution >= 0.6 is 11.9 Å². The third-order valence-electron chi connectivity index (χ3n) is 7.34. The highest BCUT2D eigenvalue weighted by molar-refractivity contribution is 8.00. The van der Waals surface area contributed by atoms with E-state index in [0.29, 0.717) is 23.8 Å². The van der Waals surface area contributed by atoms with Gasteiger partial charge in [-0.1, -0.05) is 24.3 Å². The number of carboxylic acid groups (broad SMARTS) is 1. The van der Waals surface area contributed by atoms with Crippen LogP contribution in [0, 0.1) is 19.8 Å². The minimum atomic E-state index is -0.959. The van der Waals surface area contributed by atoms with E-state index in [1.165, 1.54) is 18.4 Å². The first-order chi connectivity index (χ1) is 17.9. The Balaban J connectivity index is 1.45. The summed E-state index contributed by atoms with van der Waals surface area (Å²) < 4.78 is 9.81. The number of hydrogen-bond acceptors (Lipinski definition) is 8. The van der Waals surface area contributed by atoms with Crippen LogP contribution < -0.4 is 14.8 Å². The number of aromatic nitrogens is 2. The van der Waals surface area contributed by atoms with Gasteiger partial charge in [0.2, 0.25) is 11.8 Å². The molecule has 3 unspecified atom stereocenters. The van der Waals surface area contributed by atoms with Crippen molar-refractivity contribution in [3.63, 3.8) is 0 Å². The third kappa shape index (κ3) is 5.74. The van der Waals surface area contributed by atoms with Gasteiger partial charge in [-0.05, 0) is 81.6 Å². The van der Waals surface area contributed by atoms with Crippen molar-refractivity contribution in [1.29, 1.82) is 0 Å². The Hall–Kier alpha value is -3.14. The molecule has 2 saturated heterocycles.